The number of benzene rings is 9. The van der Waals surface area contributed by atoms with Crippen molar-refractivity contribution in [1.82, 2.24) is 0 Å². The zero-order chi connectivity index (χ0) is 42.6. The molecule has 0 N–H and O–H groups in total. The van der Waals surface area contributed by atoms with Gasteiger partial charge in [0.15, 0.2) is 0 Å². The summed E-state index contributed by atoms with van der Waals surface area (Å²) in [7, 11) is 0. The Morgan fingerprint density at radius 2 is 1.41 bits per heavy atom. The van der Waals surface area contributed by atoms with Crippen molar-refractivity contribution in [3.05, 3.63) is 210 Å². The fourth-order valence-corrected chi connectivity index (χ4v) is 11.9. The minimum absolute atomic E-state index is 0.0703. The van der Waals surface area contributed by atoms with Gasteiger partial charge in [0.25, 0.3) is 0 Å². The summed E-state index contributed by atoms with van der Waals surface area (Å²) >= 11 is 0. The van der Waals surface area contributed by atoms with Crippen molar-refractivity contribution in [3.63, 3.8) is 0 Å². The van der Waals surface area contributed by atoms with Gasteiger partial charge in [-0.05, 0) is 161 Å². The Balaban J connectivity index is 1.19. The van der Waals surface area contributed by atoms with E-state index in [-0.39, 0.29) is 12.6 Å². The molecule has 2 heterocycles. The molecule has 2 aliphatic carbocycles. The minimum atomic E-state index is -0.0703. The van der Waals surface area contributed by atoms with Crippen molar-refractivity contribution in [2.75, 3.05) is 4.90 Å². The van der Waals surface area contributed by atoms with Gasteiger partial charge in [0.1, 0.15) is 0 Å². The van der Waals surface area contributed by atoms with Crippen molar-refractivity contribution in [1.29, 1.82) is 5.26 Å². The molecule has 13 rings (SSSR count). The Labute approximate surface area is 374 Å². The Hall–Kier alpha value is -7.67. The van der Waals surface area contributed by atoms with Gasteiger partial charge in [-0.25, -0.2) is 0 Å². The number of para-hydroxylation sites is 1. The average Bonchev–Trinajstić information content (AvgIpc) is 3.34. The SMILES string of the molecule is Cc1cccc(C)c1N1c2cc3c(C4=CCCC=C4)c4ccccc4c(C4C=CC=CC4)c3cc2B2c3c(cc(C#N)cc31)-c1ccc(-c3ccc4ccccc4c3)c3cccc2c13. The number of hydrogen-bond acceptors (Lipinski definition) is 2. The van der Waals surface area contributed by atoms with E-state index in [2.05, 4.69) is 207 Å². The van der Waals surface area contributed by atoms with E-state index in [0.717, 1.165) is 30.5 Å². The molecule has 0 bridgehead atoms. The summed E-state index contributed by atoms with van der Waals surface area (Å²) in [6, 6.07) is 54.9. The molecule has 1 unspecified atom stereocenters. The molecule has 0 spiro atoms. The number of nitriles is 1. The molecule has 0 radical (unpaired) electrons. The van der Waals surface area contributed by atoms with Gasteiger partial charge < -0.3 is 4.90 Å². The number of aryl methyl sites for hydroxylation is 2. The lowest BCUT2D eigenvalue weighted by molar-refractivity contribution is 0.870. The van der Waals surface area contributed by atoms with Gasteiger partial charge in [-0.2, -0.15) is 5.26 Å². The number of allylic oxidation sites excluding steroid dienone is 8. The molecule has 0 amide bonds. The fraction of sp³-hybridized carbons (Fsp3) is 0.0984. The largest absolute Gasteiger partial charge is 0.311 e. The van der Waals surface area contributed by atoms with Gasteiger partial charge in [-0.15, -0.1) is 0 Å². The van der Waals surface area contributed by atoms with Crippen LogP contribution < -0.4 is 21.3 Å². The van der Waals surface area contributed by atoms with Gasteiger partial charge in [0.2, 0.25) is 6.71 Å². The molecular formula is C61H43BN2. The van der Waals surface area contributed by atoms with Crippen LogP contribution in [0.1, 0.15) is 53.0 Å². The highest BCUT2D eigenvalue weighted by Crippen LogP contribution is 2.49. The van der Waals surface area contributed by atoms with Crippen LogP contribution in [0.3, 0.4) is 0 Å². The number of hydrogen-bond donors (Lipinski definition) is 0. The van der Waals surface area contributed by atoms with E-state index in [0.29, 0.717) is 5.56 Å². The zero-order valence-electron chi connectivity index (χ0n) is 36.0. The smallest absolute Gasteiger partial charge is 0.248 e. The van der Waals surface area contributed by atoms with Crippen molar-refractivity contribution >= 4 is 88.8 Å². The van der Waals surface area contributed by atoms with Crippen molar-refractivity contribution in [2.45, 2.75) is 39.0 Å². The quantitative estimate of drug-likeness (QED) is 0.131. The van der Waals surface area contributed by atoms with E-state index in [4.69, 9.17) is 0 Å². The Morgan fingerprint density at radius 1 is 0.609 bits per heavy atom. The first-order valence-electron chi connectivity index (χ1n) is 22.8. The maximum atomic E-state index is 10.9. The average molecular weight is 815 g/mol. The lowest BCUT2D eigenvalue weighted by atomic mass is 9.32. The summed E-state index contributed by atoms with van der Waals surface area (Å²) < 4.78 is 0. The molecule has 64 heavy (non-hydrogen) atoms. The molecule has 3 heteroatoms. The third-order valence-corrected chi connectivity index (χ3v) is 14.6. The van der Waals surface area contributed by atoms with Crippen LogP contribution in [-0.4, -0.2) is 6.71 Å². The monoisotopic (exact) mass is 814 g/mol. The molecular weight excluding hydrogens is 771 g/mol. The van der Waals surface area contributed by atoms with Gasteiger partial charge >= 0.3 is 0 Å². The summed E-state index contributed by atoms with van der Waals surface area (Å²) in [4.78, 5) is 2.52. The van der Waals surface area contributed by atoms with Crippen LogP contribution in [0.25, 0.3) is 70.9 Å². The minimum Gasteiger partial charge on any atom is -0.311 e. The first-order chi connectivity index (χ1) is 31.6. The molecule has 300 valence electrons. The highest BCUT2D eigenvalue weighted by atomic mass is 15.2. The maximum absolute atomic E-state index is 10.9. The molecule has 2 aliphatic heterocycles. The summed E-state index contributed by atoms with van der Waals surface area (Å²) in [5.74, 6) is 0.236. The molecule has 1 atom stereocenters. The van der Waals surface area contributed by atoms with Gasteiger partial charge in [-0.3, -0.25) is 0 Å². The first-order valence-corrected chi connectivity index (χ1v) is 22.8. The summed E-state index contributed by atoms with van der Waals surface area (Å²) in [5.41, 5.74) is 19.2. The standard InChI is InChI=1S/C61H43BN2/c1-37-15-13-16-38(2)61(37)64-55-35-51-50(57(41-18-5-3-6-19-41)47-23-11-12-24-48(47)58(51)42-20-7-4-8-21-42)34-54(55)62-53-26-14-25-46-45(44-28-27-40-17-9-10-22-43(40)33-44)29-30-49(59(46)53)52-31-39(36-63)32-56(64)60(52)62/h3,5-7,9-18,20-35,41H,4,8,19H2,1-2H3. The van der Waals surface area contributed by atoms with Crippen LogP contribution in [0.4, 0.5) is 17.1 Å². The second-order valence-corrected chi connectivity index (χ2v) is 18.2. The predicted molar refractivity (Wildman–Crippen MR) is 273 cm³/mol. The van der Waals surface area contributed by atoms with Crippen molar-refractivity contribution in [2.24, 2.45) is 0 Å². The van der Waals surface area contributed by atoms with Gasteiger partial charge in [0, 0.05) is 17.3 Å². The lowest BCUT2D eigenvalue weighted by Gasteiger charge is -2.42. The molecule has 4 aliphatic rings. The lowest BCUT2D eigenvalue weighted by Crippen LogP contribution is -2.59. The van der Waals surface area contributed by atoms with Gasteiger partial charge in [-0.1, -0.05) is 163 Å². The second kappa shape index (κ2) is 14.2. The summed E-state index contributed by atoms with van der Waals surface area (Å²) in [6.07, 6.45) is 19.3. The Bertz CT molecular complexity index is 3680. The van der Waals surface area contributed by atoms with Crippen molar-refractivity contribution in [3.8, 4) is 28.3 Å². The van der Waals surface area contributed by atoms with Crippen LogP contribution in [0.15, 0.2) is 182 Å². The summed E-state index contributed by atoms with van der Waals surface area (Å²) in [5, 5.41) is 21.1. The van der Waals surface area contributed by atoms with Crippen LogP contribution >= 0.6 is 0 Å². The van der Waals surface area contributed by atoms with Gasteiger partial charge in [0.05, 0.1) is 17.3 Å². The number of nitrogens with zero attached hydrogens (tertiary/aromatic N) is 2. The van der Waals surface area contributed by atoms with E-state index in [9.17, 15) is 5.26 Å². The highest BCUT2D eigenvalue weighted by molar-refractivity contribution is 7.01. The van der Waals surface area contributed by atoms with Crippen LogP contribution in [0.5, 0.6) is 0 Å². The third kappa shape index (κ3) is 5.33. The zero-order valence-corrected chi connectivity index (χ0v) is 36.0. The second-order valence-electron chi connectivity index (χ2n) is 18.2. The number of rotatable bonds is 4. The van der Waals surface area contributed by atoms with Crippen LogP contribution in [0.2, 0.25) is 0 Å². The normalized spacial score (nSPS) is 15.8. The predicted octanol–water partition coefficient (Wildman–Crippen LogP) is 14.1. The topological polar surface area (TPSA) is 27.0 Å². The maximum Gasteiger partial charge on any atom is 0.248 e. The highest BCUT2D eigenvalue weighted by Gasteiger charge is 2.43. The number of anilines is 3. The van der Waals surface area contributed by atoms with Crippen molar-refractivity contribution < 1.29 is 0 Å². The fourth-order valence-electron chi connectivity index (χ4n) is 11.9. The van der Waals surface area contributed by atoms with E-state index in [1.165, 1.54) is 115 Å². The first kappa shape index (κ1) is 36.9. The molecule has 2 nitrogen and oxygen atoms in total. The molecule has 0 aromatic heterocycles. The molecule has 9 aromatic carbocycles. The van der Waals surface area contributed by atoms with Crippen LogP contribution in [0, 0.1) is 25.2 Å². The molecule has 0 saturated carbocycles. The number of fused-ring (bicyclic) bond motifs is 7. The van der Waals surface area contributed by atoms with E-state index in [1.807, 2.05) is 0 Å². The third-order valence-electron chi connectivity index (χ3n) is 14.6. The molecule has 0 saturated heterocycles. The van der Waals surface area contributed by atoms with E-state index < -0.39 is 0 Å². The molecule has 9 aromatic rings. The van der Waals surface area contributed by atoms with E-state index in [1.54, 1.807) is 0 Å². The molecule has 0 fully saturated rings. The van der Waals surface area contributed by atoms with Crippen LogP contribution in [-0.2, 0) is 0 Å². The van der Waals surface area contributed by atoms with E-state index >= 15 is 0 Å². The summed E-state index contributed by atoms with van der Waals surface area (Å²) in [6.45, 7) is 4.40. The Morgan fingerprint density at radius 3 is 2.22 bits per heavy atom. The Kier molecular flexibility index (Phi) is 8.18.